The van der Waals surface area contributed by atoms with E-state index >= 15 is 0 Å². The first-order chi connectivity index (χ1) is 12.7. The zero-order chi connectivity index (χ0) is 19.0. The first-order valence-electron chi connectivity index (χ1n) is 11.7. The van der Waals surface area contributed by atoms with Gasteiger partial charge in [0.2, 0.25) is 0 Å². The van der Waals surface area contributed by atoms with Crippen LogP contribution in [0.3, 0.4) is 0 Å². The van der Waals surface area contributed by atoms with Crippen LogP contribution in [0.15, 0.2) is 23.8 Å². The van der Waals surface area contributed by atoms with Crippen molar-refractivity contribution in [2.75, 3.05) is 6.61 Å². The van der Waals surface area contributed by atoms with E-state index in [-0.39, 0.29) is 7.43 Å². The largest absolute Gasteiger partial charge is 0.396 e. The van der Waals surface area contributed by atoms with Crippen molar-refractivity contribution in [2.24, 2.45) is 17.8 Å². The number of hydrogen-bond acceptors (Lipinski definition) is 1. The van der Waals surface area contributed by atoms with E-state index in [9.17, 15) is 0 Å². The van der Waals surface area contributed by atoms with E-state index < -0.39 is 0 Å². The summed E-state index contributed by atoms with van der Waals surface area (Å²) in [6.45, 7) is 7.16. The van der Waals surface area contributed by atoms with E-state index in [4.69, 9.17) is 5.11 Å². The fourth-order valence-electron chi connectivity index (χ4n) is 4.51. The van der Waals surface area contributed by atoms with E-state index in [1.807, 2.05) is 0 Å². The molecule has 0 aromatic rings. The number of rotatable bonds is 4. The Morgan fingerprint density at radius 2 is 1.59 bits per heavy atom. The SMILES string of the molecule is C.CCC1=CCCCC1.CCC1C=CCCC1.CCC1CCCCC1CO. The van der Waals surface area contributed by atoms with Gasteiger partial charge >= 0.3 is 0 Å². The van der Waals surface area contributed by atoms with Crippen molar-refractivity contribution in [3.8, 4) is 0 Å². The second-order valence-electron chi connectivity index (χ2n) is 8.38. The van der Waals surface area contributed by atoms with Crippen molar-refractivity contribution < 1.29 is 5.11 Å². The first-order valence-corrected chi connectivity index (χ1v) is 11.7. The molecular formula is C26H50O. The summed E-state index contributed by atoms with van der Waals surface area (Å²) in [5, 5.41) is 8.99. The fourth-order valence-corrected chi connectivity index (χ4v) is 4.51. The lowest BCUT2D eigenvalue weighted by Crippen LogP contribution is -2.21. The van der Waals surface area contributed by atoms with Gasteiger partial charge in [-0.05, 0) is 82.0 Å². The van der Waals surface area contributed by atoms with Crippen LogP contribution in [-0.2, 0) is 0 Å². The summed E-state index contributed by atoms with van der Waals surface area (Å²) in [6.07, 6.45) is 26.0. The maximum atomic E-state index is 8.99. The minimum Gasteiger partial charge on any atom is -0.396 e. The molecule has 3 aliphatic rings. The summed E-state index contributed by atoms with van der Waals surface area (Å²) in [5.41, 5.74) is 1.68. The normalized spacial score (nSPS) is 27.1. The van der Waals surface area contributed by atoms with Crippen LogP contribution in [-0.4, -0.2) is 11.7 Å². The number of aliphatic hydroxyl groups excluding tert-OH is 1. The molecule has 0 amide bonds. The summed E-state index contributed by atoms with van der Waals surface area (Å²) < 4.78 is 0. The average Bonchev–Trinajstić information content (AvgIpc) is 2.75. The Labute approximate surface area is 171 Å². The third-order valence-corrected chi connectivity index (χ3v) is 6.54. The van der Waals surface area contributed by atoms with Crippen molar-refractivity contribution in [1.82, 2.24) is 0 Å². The van der Waals surface area contributed by atoms with Crippen molar-refractivity contribution >= 4 is 0 Å². The van der Waals surface area contributed by atoms with Crippen molar-refractivity contribution in [1.29, 1.82) is 0 Å². The Morgan fingerprint density at radius 1 is 0.852 bits per heavy atom. The Morgan fingerprint density at radius 3 is 1.96 bits per heavy atom. The highest BCUT2D eigenvalue weighted by Gasteiger charge is 2.22. The van der Waals surface area contributed by atoms with Gasteiger partial charge in [-0.3, -0.25) is 0 Å². The summed E-state index contributed by atoms with van der Waals surface area (Å²) in [6, 6.07) is 0. The Bertz CT molecular complexity index is 370. The van der Waals surface area contributed by atoms with Gasteiger partial charge in [-0.25, -0.2) is 0 Å². The lowest BCUT2D eigenvalue weighted by molar-refractivity contribution is 0.132. The molecule has 3 atom stereocenters. The van der Waals surface area contributed by atoms with Crippen LogP contribution in [0.25, 0.3) is 0 Å². The molecule has 1 fully saturated rings. The second-order valence-corrected chi connectivity index (χ2v) is 8.38. The maximum absolute atomic E-state index is 8.99. The highest BCUT2D eigenvalue weighted by molar-refractivity contribution is 5.03. The minimum atomic E-state index is 0. The maximum Gasteiger partial charge on any atom is 0.0461 e. The molecule has 3 rings (SSSR count). The van der Waals surface area contributed by atoms with Gasteiger partial charge in [0.1, 0.15) is 0 Å². The molecular weight excluding hydrogens is 328 g/mol. The summed E-state index contributed by atoms with van der Waals surface area (Å²) in [5.74, 6) is 2.35. The van der Waals surface area contributed by atoms with E-state index in [1.165, 1.54) is 89.9 Å². The molecule has 3 aliphatic carbocycles. The van der Waals surface area contributed by atoms with Gasteiger partial charge in [-0.2, -0.15) is 0 Å². The van der Waals surface area contributed by atoms with Gasteiger partial charge in [0, 0.05) is 6.61 Å². The van der Waals surface area contributed by atoms with E-state index in [0.717, 1.165) is 11.8 Å². The molecule has 0 aromatic carbocycles. The molecule has 0 spiro atoms. The van der Waals surface area contributed by atoms with Crippen LogP contribution in [0.1, 0.15) is 118 Å². The predicted octanol–water partition coefficient (Wildman–Crippen LogP) is 8.48. The topological polar surface area (TPSA) is 20.2 Å². The molecule has 0 bridgehead atoms. The standard InChI is InChI=1S/C9H18O.2C8H14.CH4/c1-2-8-5-3-4-6-9(8)7-10;2*1-2-8-6-4-3-5-7-8;/h8-10H,2-7H2,1H3;6H,2-5,7H2,1H3;4,6,8H,2-3,5,7H2,1H3;1H4. The van der Waals surface area contributed by atoms with Crippen molar-refractivity contribution in [3.63, 3.8) is 0 Å². The molecule has 0 saturated heterocycles. The van der Waals surface area contributed by atoms with Gasteiger partial charge in [0.15, 0.2) is 0 Å². The molecule has 0 heterocycles. The van der Waals surface area contributed by atoms with Crippen molar-refractivity contribution in [3.05, 3.63) is 23.8 Å². The molecule has 1 heteroatoms. The summed E-state index contributed by atoms with van der Waals surface area (Å²) >= 11 is 0. The van der Waals surface area contributed by atoms with Crippen LogP contribution < -0.4 is 0 Å². The average molecular weight is 379 g/mol. The highest BCUT2D eigenvalue weighted by Crippen LogP contribution is 2.31. The molecule has 1 N–H and O–H groups in total. The molecule has 1 nitrogen and oxygen atoms in total. The Kier molecular flexibility index (Phi) is 17.2. The molecule has 0 radical (unpaired) electrons. The quantitative estimate of drug-likeness (QED) is 0.486. The zero-order valence-corrected chi connectivity index (χ0v) is 18.0. The molecule has 160 valence electrons. The van der Waals surface area contributed by atoms with Crippen LogP contribution in [0.2, 0.25) is 0 Å². The second kappa shape index (κ2) is 17.5. The van der Waals surface area contributed by atoms with Gasteiger partial charge in [-0.15, -0.1) is 0 Å². The van der Waals surface area contributed by atoms with E-state index in [0.29, 0.717) is 12.5 Å². The lowest BCUT2D eigenvalue weighted by Gasteiger charge is -2.28. The Balaban J connectivity index is 0.000000372. The van der Waals surface area contributed by atoms with Crippen LogP contribution >= 0.6 is 0 Å². The highest BCUT2D eigenvalue weighted by atomic mass is 16.3. The zero-order valence-electron chi connectivity index (χ0n) is 18.0. The molecule has 0 aromatic heterocycles. The number of allylic oxidation sites excluding steroid dienone is 4. The minimum absolute atomic E-state index is 0. The Hall–Kier alpha value is -0.560. The first kappa shape index (κ1) is 26.4. The third kappa shape index (κ3) is 11.8. The fraction of sp³-hybridized carbons (Fsp3) is 0.846. The smallest absolute Gasteiger partial charge is 0.0461 e. The summed E-state index contributed by atoms with van der Waals surface area (Å²) in [4.78, 5) is 0. The van der Waals surface area contributed by atoms with Gasteiger partial charge < -0.3 is 5.11 Å². The predicted molar refractivity (Wildman–Crippen MR) is 123 cm³/mol. The number of hydrogen-bond donors (Lipinski definition) is 1. The van der Waals surface area contributed by atoms with Gasteiger partial charge in [0.05, 0.1) is 0 Å². The molecule has 27 heavy (non-hydrogen) atoms. The van der Waals surface area contributed by atoms with Crippen LogP contribution in [0.4, 0.5) is 0 Å². The molecule has 3 unspecified atom stereocenters. The molecule has 0 aliphatic heterocycles. The van der Waals surface area contributed by atoms with Crippen molar-refractivity contribution in [2.45, 2.75) is 118 Å². The van der Waals surface area contributed by atoms with Crippen LogP contribution in [0, 0.1) is 17.8 Å². The number of aliphatic hydroxyl groups is 1. The molecule has 1 saturated carbocycles. The van der Waals surface area contributed by atoms with Gasteiger partial charge in [0.25, 0.3) is 0 Å². The lowest BCUT2D eigenvalue weighted by atomic mass is 9.78. The third-order valence-electron chi connectivity index (χ3n) is 6.54. The monoisotopic (exact) mass is 378 g/mol. The van der Waals surface area contributed by atoms with Gasteiger partial charge in [-0.1, -0.05) is 77.7 Å². The summed E-state index contributed by atoms with van der Waals surface area (Å²) in [7, 11) is 0. The van der Waals surface area contributed by atoms with E-state index in [2.05, 4.69) is 39.0 Å². The van der Waals surface area contributed by atoms with Crippen LogP contribution in [0.5, 0.6) is 0 Å². The van der Waals surface area contributed by atoms with E-state index in [1.54, 1.807) is 5.57 Å².